The van der Waals surface area contributed by atoms with E-state index >= 15 is 0 Å². The SMILES string of the molecule is CC(=O)c1ccn(CC2CCCO2)c1. The van der Waals surface area contributed by atoms with Crippen LogP contribution < -0.4 is 0 Å². The minimum absolute atomic E-state index is 0.121. The summed E-state index contributed by atoms with van der Waals surface area (Å²) in [5.74, 6) is 0.121. The quantitative estimate of drug-likeness (QED) is 0.686. The van der Waals surface area contributed by atoms with Crippen LogP contribution in [0, 0.1) is 0 Å². The predicted molar refractivity (Wildman–Crippen MR) is 53.4 cm³/mol. The van der Waals surface area contributed by atoms with Gasteiger partial charge in [0.25, 0.3) is 0 Å². The van der Waals surface area contributed by atoms with E-state index in [-0.39, 0.29) is 5.78 Å². The van der Waals surface area contributed by atoms with Gasteiger partial charge in [0.05, 0.1) is 6.10 Å². The molecule has 1 fully saturated rings. The Morgan fingerprint density at radius 3 is 3.14 bits per heavy atom. The fraction of sp³-hybridized carbons (Fsp3) is 0.545. The molecule has 0 aliphatic carbocycles. The van der Waals surface area contributed by atoms with E-state index in [1.54, 1.807) is 6.92 Å². The number of nitrogens with zero attached hydrogens (tertiary/aromatic N) is 1. The maximum atomic E-state index is 11.1. The molecule has 0 aromatic carbocycles. The molecule has 1 atom stereocenters. The Kier molecular flexibility index (Phi) is 2.68. The maximum Gasteiger partial charge on any atom is 0.161 e. The summed E-state index contributed by atoms with van der Waals surface area (Å²) < 4.78 is 7.56. The lowest BCUT2D eigenvalue weighted by atomic mass is 10.2. The zero-order chi connectivity index (χ0) is 9.97. The topological polar surface area (TPSA) is 31.2 Å². The summed E-state index contributed by atoms with van der Waals surface area (Å²) in [6, 6.07) is 1.86. The number of ketones is 1. The van der Waals surface area contributed by atoms with Gasteiger partial charge >= 0.3 is 0 Å². The predicted octanol–water partition coefficient (Wildman–Crippen LogP) is 1.87. The first-order valence-corrected chi connectivity index (χ1v) is 5.04. The molecule has 0 amide bonds. The minimum Gasteiger partial charge on any atom is -0.376 e. The van der Waals surface area contributed by atoms with Crippen LogP contribution in [0.5, 0.6) is 0 Å². The number of ether oxygens (including phenoxy) is 1. The third-order valence-corrected chi connectivity index (χ3v) is 2.60. The zero-order valence-electron chi connectivity index (χ0n) is 8.40. The van der Waals surface area contributed by atoms with Crippen LogP contribution in [-0.2, 0) is 11.3 Å². The van der Waals surface area contributed by atoms with Crippen LogP contribution in [0.3, 0.4) is 0 Å². The summed E-state index contributed by atoms with van der Waals surface area (Å²) in [5.41, 5.74) is 0.781. The molecular formula is C11H15NO2. The number of hydrogen-bond donors (Lipinski definition) is 0. The number of Topliss-reactive ketones (excluding diaryl/α,β-unsaturated/α-hetero) is 1. The van der Waals surface area contributed by atoms with Crippen molar-refractivity contribution in [3.63, 3.8) is 0 Å². The van der Waals surface area contributed by atoms with Gasteiger partial charge in [0.1, 0.15) is 0 Å². The average Bonchev–Trinajstić information content (AvgIpc) is 2.75. The minimum atomic E-state index is 0.121. The average molecular weight is 193 g/mol. The molecule has 14 heavy (non-hydrogen) atoms. The molecule has 0 bridgehead atoms. The molecule has 3 nitrogen and oxygen atoms in total. The molecule has 2 heterocycles. The van der Waals surface area contributed by atoms with E-state index in [9.17, 15) is 4.79 Å². The van der Waals surface area contributed by atoms with E-state index < -0.39 is 0 Å². The molecule has 1 aromatic heterocycles. The van der Waals surface area contributed by atoms with Crippen LogP contribution in [0.2, 0.25) is 0 Å². The fourth-order valence-corrected chi connectivity index (χ4v) is 1.79. The monoisotopic (exact) mass is 193 g/mol. The molecule has 1 aromatic rings. The second kappa shape index (κ2) is 3.96. The fourth-order valence-electron chi connectivity index (χ4n) is 1.79. The summed E-state index contributed by atoms with van der Waals surface area (Å²) in [6.45, 7) is 3.34. The van der Waals surface area contributed by atoms with Gasteiger partial charge < -0.3 is 9.30 Å². The molecule has 3 heteroatoms. The zero-order valence-corrected chi connectivity index (χ0v) is 8.40. The summed E-state index contributed by atoms with van der Waals surface area (Å²) in [7, 11) is 0. The Bertz CT molecular complexity index is 324. The van der Waals surface area contributed by atoms with Crippen molar-refractivity contribution in [3.05, 3.63) is 24.0 Å². The van der Waals surface area contributed by atoms with Crippen molar-refractivity contribution in [2.75, 3.05) is 6.61 Å². The smallest absolute Gasteiger partial charge is 0.161 e. The molecule has 0 saturated carbocycles. The first kappa shape index (κ1) is 9.46. The highest BCUT2D eigenvalue weighted by Crippen LogP contribution is 2.14. The third kappa shape index (κ3) is 2.04. The lowest BCUT2D eigenvalue weighted by molar-refractivity contribution is 0.0966. The number of rotatable bonds is 3. The van der Waals surface area contributed by atoms with Gasteiger partial charge in [0.15, 0.2) is 5.78 Å². The Hall–Kier alpha value is -1.09. The van der Waals surface area contributed by atoms with E-state index in [1.165, 1.54) is 0 Å². The summed E-state index contributed by atoms with van der Waals surface area (Å²) in [6.07, 6.45) is 6.46. The molecule has 1 saturated heterocycles. The van der Waals surface area contributed by atoms with Crippen LogP contribution in [0.15, 0.2) is 18.5 Å². The van der Waals surface area contributed by atoms with Crippen LogP contribution in [0.1, 0.15) is 30.1 Å². The molecule has 0 radical (unpaired) electrons. The summed E-state index contributed by atoms with van der Waals surface area (Å²) in [5, 5.41) is 0. The van der Waals surface area contributed by atoms with Crippen molar-refractivity contribution in [2.24, 2.45) is 0 Å². The second-order valence-electron chi connectivity index (χ2n) is 3.79. The van der Waals surface area contributed by atoms with Gasteiger partial charge in [-0.05, 0) is 25.8 Å². The molecule has 0 N–H and O–H groups in total. The van der Waals surface area contributed by atoms with Gasteiger partial charge in [-0.2, -0.15) is 0 Å². The first-order valence-electron chi connectivity index (χ1n) is 5.04. The van der Waals surface area contributed by atoms with Gasteiger partial charge in [-0.25, -0.2) is 0 Å². The van der Waals surface area contributed by atoms with E-state index in [2.05, 4.69) is 0 Å². The molecule has 2 rings (SSSR count). The molecule has 1 aliphatic rings. The number of aromatic nitrogens is 1. The van der Waals surface area contributed by atoms with Crippen molar-refractivity contribution in [1.29, 1.82) is 0 Å². The molecule has 0 spiro atoms. The van der Waals surface area contributed by atoms with Crippen LogP contribution in [0.4, 0.5) is 0 Å². The van der Waals surface area contributed by atoms with Crippen LogP contribution in [-0.4, -0.2) is 23.1 Å². The van der Waals surface area contributed by atoms with E-state index in [0.717, 1.165) is 31.6 Å². The largest absolute Gasteiger partial charge is 0.376 e. The normalized spacial score (nSPS) is 21.4. The summed E-state index contributed by atoms with van der Waals surface area (Å²) >= 11 is 0. The van der Waals surface area contributed by atoms with Crippen LogP contribution in [0.25, 0.3) is 0 Å². The molecule has 1 aliphatic heterocycles. The van der Waals surface area contributed by atoms with E-state index in [4.69, 9.17) is 4.74 Å². The Labute approximate surface area is 83.7 Å². The Morgan fingerprint density at radius 1 is 1.71 bits per heavy atom. The number of carbonyl (C=O) groups excluding carboxylic acids is 1. The Balaban J connectivity index is 1.98. The van der Waals surface area contributed by atoms with Crippen LogP contribution >= 0.6 is 0 Å². The Morgan fingerprint density at radius 2 is 2.57 bits per heavy atom. The first-order chi connectivity index (χ1) is 6.75. The van der Waals surface area contributed by atoms with E-state index in [1.807, 2.05) is 23.0 Å². The second-order valence-corrected chi connectivity index (χ2v) is 3.79. The lowest BCUT2D eigenvalue weighted by Crippen LogP contribution is -2.13. The lowest BCUT2D eigenvalue weighted by Gasteiger charge is -2.09. The van der Waals surface area contributed by atoms with Crippen molar-refractivity contribution < 1.29 is 9.53 Å². The number of carbonyl (C=O) groups is 1. The van der Waals surface area contributed by atoms with Gasteiger partial charge in [-0.1, -0.05) is 0 Å². The summed E-state index contributed by atoms with van der Waals surface area (Å²) in [4.78, 5) is 11.1. The van der Waals surface area contributed by atoms with E-state index in [0.29, 0.717) is 6.10 Å². The standard InChI is InChI=1S/C11H15NO2/c1-9(13)10-4-5-12(7-10)8-11-3-2-6-14-11/h4-5,7,11H,2-3,6,8H2,1H3. The van der Waals surface area contributed by atoms with Crippen molar-refractivity contribution >= 4 is 5.78 Å². The van der Waals surface area contributed by atoms with Gasteiger partial charge in [-0.15, -0.1) is 0 Å². The van der Waals surface area contributed by atoms with Gasteiger partial charge in [-0.3, -0.25) is 4.79 Å². The van der Waals surface area contributed by atoms with Gasteiger partial charge in [0.2, 0.25) is 0 Å². The molecular weight excluding hydrogens is 178 g/mol. The highest BCUT2D eigenvalue weighted by molar-refractivity contribution is 5.93. The highest BCUT2D eigenvalue weighted by Gasteiger charge is 2.15. The maximum absolute atomic E-state index is 11.1. The van der Waals surface area contributed by atoms with Crippen molar-refractivity contribution in [3.8, 4) is 0 Å². The molecule has 76 valence electrons. The van der Waals surface area contributed by atoms with Crippen molar-refractivity contribution in [1.82, 2.24) is 4.57 Å². The third-order valence-electron chi connectivity index (χ3n) is 2.60. The highest BCUT2D eigenvalue weighted by atomic mass is 16.5. The molecule has 1 unspecified atom stereocenters. The van der Waals surface area contributed by atoms with Crippen molar-refractivity contribution in [2.45, 2.75) is 32.4 Å². The number of hydrogen-bond acceptors (Lipinski definition) is 2. The van der Waals surface area contributed by atoms with Gasteiger partial charge in [0, 0.05) is 31.1 Å².